The van der Waals surface area contributed by atoms with Crippen molar-refractivity contribution in [1.29, 1.82) is 0 Å². The van der Waals surface area contributed by atoms with E-state index in [1.807, 2.05) is 40.7 Å². The zero-order valence-electron chi connectivity index (χ0n) is 41.7. The van der Waals surface area contributed by atoms with Crippen LogP contribution < -0.4 is 0 Å². The molecule has 0 amide bonds. The Morgan fingerprint density at radius 2 is 0.938 bits per heavy atom. The molecule has 64 heavy (non-hydrogen) atoms. The van der Waals surface area contributed by atoms with Crippen molar-refractivity contribution in [2.75, 3.05) is 13.2 Å². The van der Waals surface area contributed by atoms with Crippen molar-refractivity contribution >= 4 is 0 Å². The molecule has 1 saturated heterocycles. The Hall–Kier alpha value is -1.30. The van der Waals surface area contributed by atoms with Crippen LogP contribution in [0.4, 0.5) is 0 Å². The van der Waals surface area contributed by atoms with E-state index in [9.17, 15) is 56.2 Å². The van der Waals surface area contributed by atoms with Gasteiger partial charge in [-0.1, -0.05) is 34.9 Å². The number of ether oxygens (including phenoxy) is 2. The Bertz CT molecular complexity index is 1380. The Morgan fingerprint density at radius 3 is 1.36 bits per heavy atom. The van der Waals surface area contributed by atoms with Gasteiger partial charge in [-0.05, 0) is 204 Å². The van der Waals surface area contributed by atoms with Crippen molar-refractivity contribution in [3.63, 3.8) is 0 Å². The maximum absolute atomic E-state index is 11.1. The molecule has 0 radical (unpaired) electrons. The zero-order chi connectivity index (χ0) is 49.0. The van der Waals surface area contributed by atoms with E-state index >= 15 is 0 Å². The molecule has 1 rings (SSSR count). The van der Waals surface area contributed by atoms with Gasteiger partial charge < -0.3 is 65.6 Å². The Balaban J connectivity index is 2.34. The molecular formula is C51H96O13. The standard InChI is InChI=1S/C51H96O13/c1-37(2)18-12-24-46(5,57)25-13-26-47(6,58)27-14-28-48(7,59)29-15-30-49(8,60)31-16-32-50(9,61)33-17-34-51(10,62)41(53)22-21-38(3)19-11-20-39(4)23-35-63-45-44(56)43(55)42(54)40(36-52)64-45/h18-19,23,40-45,52-62H,11-17,20-22,24-36H2,1-10H3/b38-19+,39-23+/t40-,41?,42-,43+,44-,45-,46?,47?,48?,49?,50?,51?/m1/s1. The van der Waals surface area contributed by atoms with Crippen molar-refractivity contribution in [3.8, 4) is 0 Å². The first-order chi connectivity index (χ1) is 29.4. The number of hydrogen-bond acceptors (Lipinski definition) is 13. The topological polar surface area (TPSA) is 241 Å². The average Bonchev–Trinajstić information content (AvgIpc) is 3.15. The van der Waals surface area contributed by atoms with Crippen molar-refractivity contribution in [1.82, 2.24) is 0 Å². The summed E-state index contributed by atoms with van der Waals surface area (Å²) in [5, 5.41) is 116. The lowest BCUT2D eigenvalue weighted by Crippen LogP contribution is -2.59. The van der Waals surface area contributed by atoms with Gasteiger partial charge in [-0.2, -0.15) is 0 Å². The van der Waals surface area contributed by atoms with Crippen LogP contribution in [-0.4, -0.2) is 140 Å². The molecule has 12 atom stereocenters. The van der Waals surface area contributed by atoms with Gasteiger partial charge in [0, 0.05) is 0 Å². The third-order valence-electron chi connectivity index (χ3n) is 13.5. The van der Waals surface area contributed by atoms with Gasteiger partial charge in [-0.3, -0.25) is 0 Å². The van der Waals surface area contributed by atoms with Gasteiger partial charge in [0.05, 0.1) is 52.9 Å². The predicted octanol–water partition coefficient (Wildman–Crippen LogP) is 6.72. The molecule has 0 aromatic carbocycles. The quantitative estimate of drug-likeness (QED) is 0.0301. The molecule has 1 fully saturated rings. The average molecular weight is 917 g/mol. The van der Waals surface area contributed by atoms with Crippen LogP contribution >= 0.6 is 0 Å². The van der Waals surface area contributed by atoms with E-state index in [0.717, 1.165) is 36.8 Å². The normalized spacial score (nSPS) is 26.2. The lowest BCUT2D eigenvalue weighted by molar-refractivity contribution is -0.298. The fraction of sp³-hybridized carbons (Fsp3) is 0.882. The molecule has 11 N–H and O–H groups in total. The smallest absolute Gasteiger partial charge is 0.187 e. The lowest BCUT2D eigenvalue weighted by Gasteiger charge is -2.39. The fourth-order valence-electron chi connectivity index (χ4n) is 8.61. The van der Waals surface area contributed by atoms with Crippen LogP contribution in [-0.2, 0) is 9.47 Å². The maximum atomic E-state index is 11.1. The first kappa shape index (κ1) is 60.7. The van der Waals surface area contributed by atoms with E-state index in [4.69, 9.17) is 9.47 Å². The summed E-state index contributed by atoms with van der Waals surface area (Å²) in [6.45, 7) is 18.4. The molecule has 1 aliphatic rings. The molecule has 1 aliphatic heterocycles. The molecule has 1 heterocycles. The Kier molecular flexibility index (Phi) is 26.8. The highest BCUT2D eigenvalue weighted by atomic mass is 16.7. The molecule has 0 aromatic rings. The minimum Gasteiger partial charge on any atom is -0.394 e. The van der Waals surface area contributed by atoms with Crippen molar-refractivity contribution in [3.05, 3.63) is 34.9 Å². The van der Waals surface area contributed by atoms with Gasteiger partial charge in [-0.15, -0.1) is 0 Å². The van der Waals surface area contributed by atoms with Crippen LogP contribution in [0.2, 0.25) is 0 Å². The summed E-state index contributed by atoms with van der Waals surface area (Å²) in [5.74, 6) is 0. The van der Waals surface area contributed by atoms with Gasteiger partial charge in [0.1, 0.15) is 24.4 Å². The van der Waals surface area contributed by atoms with E-state index in [1.54, 1.807) is 20.8 Å². The number of rotatable bonds is 34. The maximum Gasteiger partial charge on any atom is 0.187 e. The summed E-state index contributed by atoms with van der Waals surface area (Å²) in [6, 6.07) is 0. The minimum absolute atomic E-state index is 0.115. The summed E-state index contributed by atoms with van der Waals surface area (Å²) in [4.78, 5) is 0. The fourth-order valence-corrected chi connectivity index (χ4v) is 8.61. The molecule has 13 nitrogen and oxygen atoms in total. The Labute approximate surface area is 387 Å². The van der Waals surface area contributed by atoms with Crippen LogP contribution in [0, 0.1) is 0 Å². The van der Waals surface area contributed by atoms with Gasteiger partial charge in [0.15, 0.2) is 6.29 Å². The molecule has 7 unspecified atom stereocenters. The van der Waals surface area contributed by atoms with E-state index in [1.165, 1.54) is 5.57 Å². The highest BCUT2D eigenvalue weighted by Crippen LogP contribution is 2.32. The molecule has 378 valence electrons. The Morgan fingerprint density at radius 1 is 0.531 bits per heavy atom. The third kappa shape index (κ3) is 26.3. The van der Waals surface area contributed by atoms with Crippen LogP contribution in [0.25, 0.3) is 0 Å². The summed E-state index contributed by atoms with van der Waals surface area (Å²) in [7, 11) is 0. The number of hydrogen-bond donors (Lipinski definition) is 11. The summed E-state index contributed by atoms with van der Waals surface area (Å²) >= 11 is 0. The predicted molar refractivity (Wildman–Crippen MR) is 253 cm³/mol. The third-order valence-corrected chi connectivity index (χ3v) is 13.5. The van der Waals surface area contributed by atoms with Gasteiger partial charge in [0.2, 0.25) is 0 Å². The molecular weight excluding hydrogens is 821 g/mol. The second kappa shape index (κ2) is 28.3. The highest BCUT2D eigenvalue weighted by Gasteiger charge is 2.44. The largest absolute Gasteiger partial charge is 0.394 e. The van der Waals surface area contributed by atoms with Crippen LogP contribution in [0.1, 0.15) is 204 Å². The minimum atomic E-state index is -1.49. The van der Waals surface area contributed by atoms with Gasteiger partial charge >= 0.3 is 0 Å². The second-order valence-electron chi connectivity index (χ2n) is 21.7. The van der Waals surface area contributed by atoms with E-state index in [-0.39, 0.29) is 6.61 Å². The number of aliphatic hydroxyl groups is 11. The first-order valence-corrected chi connectivity index (χ1v) is 24.3. The molecule has 0 spiro atoms. The van der Waals surface area contributed by atoms with Gasteiger partial charge in [-0.25, -0.2) is 0 Å². The molecule has 0 aliphatic carbocycles. The zero-order valence-corrected chi connectivity index (χ0v) is 41.7. The summed E-state index contributed by atoms with van der Waals surface area (Å²) in [5.41, 5.74) is -2.38. The van der Waals surface area contributed by atoms with Crippen molar-refractivity contribution in [2.45, 2.75) is 274 Å². The first-order valence-electron chi connectivity index (χ1n) is 24.3. The SMILES string of the molecule is CC(C)=CCCC(C)(O)CCCC(C)(O)CCCC(C)(O)CCCC(C)(O)CCCC(C)(O)CCCC(C)(O)C(O)CC/C(C)=C/CC/C(C)=C/CO[C@@H]1O[C@H](CO)[C@@H](O)[C@H](O)[C@H]1O. The van der Waals surface area contributed by atoms with Crippen LogP contribution in [0.15, 0.2) is 34.9 Å². The monoisotopic (exact) mass is 917 g/mol. The highest BCUT2D eigenvalue weighted by molar-refractivity contribution is 5.05. The second-order valence-corrected chi connectivity index (χ2v) is 21.7. The van der Waals surface area contributed by atoms with Crippen LogP contribution in [0.3, 0.4) is 0 Å². The van der Waals surface area contributed by atoms with Crippen molar-refractivity contribution < 1.29 is 65.6 Å². The summed E-state index contributed by atoms with van der Waals surface area (Å²) in [6.07, 6.45) is 11.0. The summed E-state index contributed by atoms with van der Waals surface area (Å²) < 4.78 is 10.9. The molecule has 0 bridgehead atoms. The molecule has 0 aromatic heterocycles. The number of aliphatic hydroxyl groups excluding tert-OH is 5. The molecule has 13 heteroatoms. The van der Waals surface area contributed by atoms with Gasteiger partial charge in [0.25, 0.3) is 0 Å². The van der Waals surface area contributed by atoms with Crippen LogP contribution in [0.5, 0.6) is 0 Å². The molecule has 0 saturated carbocycles. The number of allylic oxidation sites excluding steroid dienone is 5. The van der Waals surface area contributed by atoms with E-state index < -0.39 is 77.0 Å². The van der Waals surface area contributed by atoms with Crippen molar-refractivity contribution in [2.24, 2.45) is 0 Å². The lowest BCUT2D eigenvalue weighted by atomic mass is 9.83. The van der Waals surface area contributed by atoms with E-state index in [2.05, 4.69) is 26.0 Å². The van der Waals surface area contributed by atoms with E-state index in [0.29, 0.717) is 109 Å².